The Labute approximate surface area is 220 Å². The minimum absolute atomic E-state index is 0.000765. The van der Waals surface area contributed by atoms with Crippen LogP contribution in [0.1, 0.15) is 69.3 Å². The molecule has 2 aliphatic rings. The van der Waals surface area contributed by atoms with Crippen molar-refractivity contribution in [3.8, 4) is 0 Å². The summed E-state index contributed by atoms with van der Waals surface area (Å²) < 4.78 is 0. The summed E-state index contributed by atoms with van der Waals surface area (Å²) in [5, 5.41) is 2.93. The van der Waals surface area contributed by atoms with E-state index in [-0.39, 0.29) is 29.7 Å². The number of carbonyl (C=O) groups excluding carboxylic acids is 3. The zero-order valence-electron chi connectivity index (χ0n) is 22.6. The standard InChI is InChI=1S/C30H40N4O3/c1-5-6-18-31-26(35)21-33-22-34(25-10-8-7-9-11-25)30(28(33)37)16-19-32(20-17-30)27(36)23-12-14-24(15-13-23)29(2,3)4/h7-15H,5-6,16-22H2,1-4H3,(H,31,35). The number of piperidine rings is 1. The quantitative estimate of drug-likeness (QED) is 0.574. The van der Waals surface area contributed by atoms with Crippen LogP contribution in [-0.2, 0) is 15.0 Å². The lowest BCUT2D eigenvalue weighted by molar-refractivity contribution is -0.137. The monoisotopic (exact) mass is 504 g/mol. The van der Waals surface area contributed by atoms with Crippen LogP contribution in [0.2, 0.25) is 0 Å². The molecular formula is C30H40N4O3. The first-order chi connectivity index (χ1) is 17.7. The van der Waals surface area contributed by atoms with Crippen LogP contribution >= 0.6 is 0 Å². The molecule has 0 atom stereocenters. The number of nitrogens with zero attached hydrogens (tertiary/aromatic N) is 3. The third-order valence-electron chi connectivity index (χ3n) is 7.64. The van der Waals surface area contributed by atoms with Crippen LogP contribution in [0.5, 0.6) is 0 Å². The maximum absolute atomic E-state index is 13.8. The maximum atomic E-state index is 13.8. The van der Waals surface area contributed by atoms with Crippen molar-refractivity contribution < 1.29 is 14.4 Å². The molecule has 7 nitrogen and oxygen atoms in total. The fraction of sp³-hybridized carbons (Fsp3) is 0.500. The molecule has 3 amide bonds. The highest BCUT2D eigenvalue weighted by molar-refractivity contribution is 5.97. The summed E-state index contributed by atoms with van der Waals surface area (Å²) in [6.07, 6.45) is 2.98. The summed E-state index contributed by atoms with van der Waals surface area (Å²) in [6.45, 7) is 10.6. The van der Waals surface area contributed by atoms with E-state index in [2.05, 4.69) is 37.9 Å². The van der Waals surface area contributed by atoms with Crippen LogP contribution in [0.15, 0.2) is 54.6 Å². The van der Waals surface area contributed by atoms with E-state index in [0.717, 1.165) is 18.5 Å². The van der Waals surface area contributed by atoms with Crippen LogP contribution in [-0.4, -0.2) is 65.9 Å². The molecular weight excluding hydrogens is 464 g/mol. The number of nitrogens with one attached hydrogen (secondary N) is 1. The first-order valence-corrected chi connectivity index (χ1v) is 13.4. The van der Waals surface area contributed by atoms with Crippen LogP contribution in [0.4, 0.5) is 5.69 Å². The largest absolute Gasteiger partial charge is 0.355 e. The summed E-state index contributed by atoms with van der Waals surface area (Å²) >= 11 is 0. The summed E-state index contributed by atoms with van der Waals surface area (Å²) in [7, 11) is 0. The number of hydrogen-bond acceptors (Lipinski definition) is 4. The number of amides is 3. The van der Waals surface area contributed by atoms with Crippen LogP contribution in [0.25, 0.3) is 0 Å². The van der Waals surface area contributed by atoms with E-state index in [9.17, 15) is 14.4 Å². The minimum atomic E-state index is -0.752. The highest BCUT2D eigenvalue weighted by Gasteiger charge is 2.54. The van der Waals surface area contributed by atoms with E-state index in [1.54, 1.807) is 4.90 Å². The van der Waals surface area contributed by atoms with Crippen LogP contribution in [0, 0.1) is 0 Å². The lowest BCUT2D eigenvalue weighted by Crippen LogP contribution is -2.57. The zero-order chi connectivity index (χ0) is 26.6. The Morgan fingerprint density at radius 3 is 2.22 bits per heavy atom. The number of rotatable bonds is 7. The molecule has 4 rings (SSSR count). The van der Waals surface area contributed by atoms with Gasteiger partial charge in [-0.15, -0.1) is 0 Å². The zero-order valence-corrected chi connectivity index (χ0v) is 22.6. The van der Waals surface area contributed by atoms with Gasteiger partial charge in [-0.05, 0) is 54.5 Å². The Kier molecular flexibility index (Phi) is 7.90. The molecule has 198 valence electrons. The molecule has 0 unspecified atom stereocenters. The van der Waals surface area contributed by atoms with Crippen LogP contribution < -0.4 is 10.2 Å². The van der Waals surface area contributed by atoms with Crippen molar-refractivity contribution in [1.29, 1.82) is 0 Å². The molecule has 0 aliphatic carbocycles. The van der Waals surface area contributed by atoms with Gasteiger partial charge in [0.1, 0.15) is 12.1 Å². The topological polar surface area (TPSA) is 73.0 Å². The number of unbranched alkanes of at least 4 members (excludes halogenated alkanes) is 1. The lowest BCUT2D eigenvalue weighted by atomic mass is 9.84. The van der Waals surface area contributed by atoms with E-state index in [0.29, 0.717) is 44.7 Å². The minimum Gasteiger partial charge on any atom is -0.355 e. The number of carbonyl (C=O) groups is 3. The van der Waals surface area contributed by atoms with Crippen molar-refractivity contribution in [3.63, 3.8) is 0 Å². The molecule has 2 saturated heterocycles. The summed E-state index contributed by atoms with van der Waals surface area (Å²) in [5.74, 6) is -0.152. The van der Waals surface area contributed by atoms with E-state index in [4.69, 9.17) is 0 Å². The average molecular weight is 505 g/mol. The summed E-state index contributed by atoms with van der Waals surface area (Å²) in [5.41, 5.74) is 2.10. The van der Waals surface area contributed by atoms with Crippen molar-refractivity contribution in [2.24, 2.45) is 0 Å². The fourth-order valence-corrected chi connectivity index (χ4v) is 5.33. The molecule has 0 bridgehead atoms. The smallest absolute Gasteiger partial charge is 0.253 e. The Bertz CT molecular complexity index is 1100. The van der Waals surface area contributed by atoms with Gasteiger partial charge in [0, 0.05) is 30.9 Å². The summed E-state index contributed by atoms with van der Waals surface area (Å²) in [4.78, 5) is 45.3. The highest BCUT2D eigenvalue weighted by Crippen LogP contribution is 2.39. The molecule has 0 aromatic heterocycles. The second-order valence-corrected chi connectivity index (χ2v) is 11.3. The second kappa shape index (κ2) is 11.0. The van der Waals surface area contributed by atoms with Gasteiger partial charge >= 0.3 is 0 Å². The van der Waals surface area contributed by atoms with Crippen molar-refractivity contribution in [2.75, 3.05) is 37.7 Å². The molecule has 2 heterocycles. The predicted octanol–water partition coefficient (Wildman–Crippen LogP) is 4.18. The Morgan fingerprint density at radius 1 is 0.973 bits per heavy atom. The number of hydrogen-bond donors (Lipinski definition) is 1. The van der Waals surface area contributed by atoms with E-state index in [1.165, 1.54) is 5.56 Å². The molecule has 2 fully saturated rings. The molecule has 0 saturated carbocycles. The number of benzene rings is 2. The normalized spacial score (nSPS) is 17.4. The van der Waals surface area contributed by atoms with Gasteiger partial charge in [-0.2, -0.15) is 0 Å². The fourth-order valence-electron chi connectivity index (χ4n) is 5.33. The predicted molar refractivity (Wildman–Crippen MR) is 146 cm³/mol. The van der Waals surface area contributed by atoms with Gasteiger partial charge in [0.15, 0.2) is 0 Å². The Morgan fingerprint density at radius 2 is 1.62 bits per heavy atom. The SMILES string of the molecule is CCCCNC(=O)CN1CN(c2ccccc2)C2(CCN(C(=O)c3ccc(C(C)(C)C)cc3)CC2)C1=O. The van der Waals surface area contributed by atoms with Crippen LogP contribution in [0.3, 0.4) is 0 Å². The van der Waals surface area contributed by atoms with Gasteiger partial charge in [0.25, 0.3) is 11.8 Å². The number of anilines is 1. The average Bonchev–Trinajstić information content (AvgIpc) is 3.15. The first-order valence-electron chi connectivity index (χ1n) is 13.4. The van der Waals surface area contributed by atoms with E-state index >= 15 is 0 Å². The van der Waals surface area contributed by atoms with E-state index < -0.39 is 5.54 Å². The van der Waals surface area contributed by atoms with E-state index in [1.807, 2.05) is 59.5 Å². The van der Waals surface area contributed by atoms with Gasteiger partial charge in [-0.3, -0.25) is 14.4 Å². The van der Waals surface area contributed by atoms with Crippen molar-refractivity contribution >= 4 is 23.4 Å². The highest BCUT2D eigenvalue weighted by atomic mass is 16.2. The number of likely N-dealkylation sites (tertiary alicyclic amines) is 1. The van der Waals surface area contributed by atoms with Gasteiger partial charge in [-0.25, -0.2) is 0 Å². The maximum Gasteiger partial charge on any atom is 0.253 e. The molecule has 37 heavy (non-hydrogen) atoms. The molecule has 7 heteroatoms. The third kappa shape index (κ3) is 5.65. The number of para-hydroxylation sites is 1. The molecule has 1 spiro atoms. The molecule has 1 N–H and O–H groups in total. The van der Waals surface area contributed by atoms with Crippen molar-refractivity contribution in [1.82, 2.24) is 15.1 Å². The molecule has 2 aliphatic heterocycles. The van der Waals surface area contributed by atoms with Gasteiger partial charge < -0.3 is 20.0 Å². The first kappa shape index (κ1) is 26.7. The second-order valence-electron chi connectivity index (χ2n) is 11.3. The van der Waals surface area contributed by atoms with Crippen molar-refractivity contribution in [3.05, 3.63) is 65.7 Å². The molecule has 2 aromatic rings. The third-order valence-corrected chi connectivity index (χ3v) is 7.64. The van der Waals surface area contributed by atoms with Gasteiger partial charge in [0.05, 0.1) is 6.67 Å². The van der Waals surface area contributed by atoms with Crippen molar-refractivity contribution in [2.45, 2.75) is 64.3 Å². The molecule has 0 radical (unpaired) electrons. The summed E-state index contributed by atoms with van der Waals surface area (Å²) in [6, 6.07) is 17.8. The van der Waals surface area contributed by atoms with Gasteiger partial charge in [-0.1, -0.05) is 64.4 Å². The Balaban J connectivity index is 1.49. The van der Waals surface area contributed by atoms with Gasteiger partial charge in [0.2, 0.25) is 5.91 Å². The molecule has 2 aromatic carbocycles. The Hall–Kier alpha value is -3.35. The lowest BCUT2D eigenvalue weighted by Gasteiger charge is -2.43.